The molecule has 6 heteroatoms. The fourth-order valence-electron chi connectivity index (χ4n) is 3.00. The number of nitrogens with one attached hydrogen (secondary N) is 1. The number of benzene rings is 2. The highest BCUT2D eigenvalue weighted by molar-refractivity contribution is 6.06. The zero-order chi connectivity index (χ0) is 19.5. The lowest BCUT2D eigenvalue weighted by atomic mass is 10.2. The van der Waals surface area contributed by atoms with Gasteiger partial charge in [0.1, 0.15) is 11.3 Å². The van der Waals surface area contributed by atoms with E-state index in [9.17, 15) is 4.79 Å². The molecule has 4 rings (SSSR count). The Hall–Kier alpha value is -3.80. The van der Waals surface area contributed by atoms with E-state index in [2.05, 4.69) is 10.4 Å². The highest BCUT2D eigenvalue weighted by atomic mass is 16.5. The topological polar surface area (TPSA) is 61.1 Å². The fourth-order valence-corrected chi connectivity index (χ4v) is 3.00. The van der Waals surface area contributed by atoms with Gasteiger partial charge in [-0.15, -0.1) is 0 Å². The van der Waals surface area contributed by atoms with Crippen molar-refractivity contribution in [1.29, 1.82) is 0 Å². The van der Waals surface area contributed by atoms with Crippen molar-refractivity contribution in [3.05, 3.63) is 90.4 Å². The van der Waals surface area contributed by atoms with E-state index in [-0.39, 0.29) is 5.91 Å². The molecular formula is C22H20N4O2. The van der Waals surface area contributed by atoms with Crippen LogP contribution in [0.25, 0.3) is 11.5 Å². The first-order valence-electron chi connectivity index (χ1n) is 8.89. The summed E-state index contributed by atoms with van der Waals surface area (Å²) in [5, 5.41) is 7.40. The minimum atomic E-state index is -0.240. The van der Waals surface area contributed by atoms with Gasteiger partial charge in [0.15, 0.2) is 5.82 Å². The van der Waals surface area contributed by atoms with Crippen LogP contribution in [-0.4, -0.2) is 27.4 Å². The van der Waals surface area contributed by atoms with Crippen LogP contribution < -0.4 is 10.1 Å². The third-order valence-corrected chi connectivity index (χ3v) is 4.44. The Morgan fingerprint density at radius 3 is 2.50 bits per heavy atom. The second-order valence-corrected chi connectivity index (χ2v) is 6.41. The first kappa shape index (κ1) is 17.6. The molecule has 4 aromatic rings. The summed E-state index contributed by atoms with van der Waals surface area (Å²) in [7, 11) is 1.59. The summed E-state index contributed by atoms with van der Waals surface area (Å²) in [5.74, 6) is 1.11. The molecule has 2 aromatic carbocycles. The van der Waals surface area contributed by atoms with Gasteiger partial charge in [0.05, 0.1) is 19.0 Å². The molecule has 0 spiro atoms. The molecule has 0 atom stereocenters. The SMILES string of the molecule is COc1cccc(NC(=O)c2cnn(-c3ccc(C)cc3)c2-n2cccc2)c1. The Morgan fingerprint density at radius 1 is 1.04 bits per heavy atom. The first-order chi connectivity index (χ1) is 13.7. The van der Waals surface area contributed by atoms with Gasteiger partial charge in [-0.05, 0) is 43.3 Å². The molecule has 0 radical (unpaired) electrons. The molecule has 28 heavy (non-hydrogen) atoms. The lowest BCUT2D eigenvalue weighted by Gasteiger charge is -2.12. The molecule has 0 aliphatic heterocycles. The number of nitrogens with zero attached hydrogens (tertiary/aromatic N) is 3. The summed E-state index contributed by atoms with van der Waals surface area (Å²) in [4.78, 5) is 13.0. The number of carbonyl (C=O) groups excluding carboxylic acids is 1. The van der Waals surface area contributed by atoms with Gasteiger partial charge in [0, 0.05) is 24.1 Å². The highest BCUT2D eigenvalue weighted by Crippen LogP contribution is 2.22. The van der Waals surface area contributed by atoms with Crippen LogP contribution in [0.1, 0.15) is 15.9 Å². The average Bonchev–Trinajstić information content (AvgIpc) is 3.38. The van der Waals surface area contributed by atoms with E-state index in [0.29, 0.717) is 22.8 Å². The Kier molecular flexibility index (Phi) is 4.68. The zero-order valence-corrected chi connectivity index (χ0v) is 15.7. The number of hydrogen-bond acceptors (Lipinski definition) is 3. The van der Waals surface area contributed by atoms with Crippen LogP contribution in [0.5, 0.6) is 5.75 Å². The Balaban J connectivity index is 1.74. The number of hydrogen-bond donors (Lipinski definition) is 1. The monoisotopic (exact) mass is 372 g/mol. The number of rotatable bonds is 5. The van der Waals surface area contributed by atoms with E-state index in [1.807, 2.05) is 78.5 Å². The first-order valence-corrected chi connectivity index (χ1v) is 8.89. The summed E-state index contributed by atoms with van der Waals surface area (Å²) in [6.45, 7) is 2.03. The maximum Gasteiger partial charge on any atom is 0.261 e. The van der Waals surface area contributed by atoms with Gasteiger partial charge in [-0.25, -0.2) is 4.68 Å². The third kappa shape index (κ3) is 3.40. The van der Waals surface area contributed by atoms with E-state index in [1.165, 1.54) is 0 Å². The summed E-state index contributed by atoms with van der Waals surface area (Å²) in [5.41, 5.74) is 3.18. The molecule has 0 aliphatic carbocycles. The van der Waals surface area contributed by atoms with Crippen molar-refractivity contribution < 1.29 is 9.53 Å². The van der Waals surface area contributed by atoms with Crippen molar-refractivity contribution in [3.63, 3.8) is 0 Å². The molecule has 0 bridgehead atoms. The Bertz CT molecular complexity index is 1100. The van der Waals surface area contributed by atoms with E-state index < -0.39 is 0 Å². The molecule has 0 fully saturated rings. The van der Waals surface area contributed by atoms with Crippen molar-refractivity contribution in [2.45, 2.75) is 6.92 Å². The van der Waals surface area contributed by atoms with Crippen LogP contribution in [0.15, 0.2) is 79.3 Å². The number of aryl methyl sites for hydroxylation is 1. The predicted molar refractivity (Wildman–Crippen MR) is 109 cm³/mol. The summed E-state index contributed by atoms with van der Waals surface area (Å²) in [6, 6.07) is 19.1. The van der Waals surface area contributed by atoms with Crippen molar-refractivity contribution >= 4 is 11.6 Å². The molecule has 0 unspecified atom stereocenters. The van der Waals surface area contributed by atoms with Gasteiger partial charge < -0.3 is 14.6 Å². The van der Waals surface area contributed by atoms with Crippen LogP contribution in [0.2, 0.25) is 0 Å². The van der Waals surface area contributed by atoms with Crippen LogP contribution in [0.3, 0.4) is 0 Å². The molecule has 0 saturated carbocycles. The van der Waals surface area contributed by atoms with Gasteiger partial charge in [-0.2, -0.15) is 5.10 Å². The van der Waals surface area contributed by atoms with Crippen LogP contribution in [0, 0.1) is 6.92 Å². The quantitative estimate of drug-likeness (QED) is 0.570. The van der Waals surface area contributed by atoms with E-state index >= 15 is 0 Å². The van der Waals surface area contributed by atoms with Crippen LogP contribution >= 0.6 is 0 Å². The molecule has 6 nitrogen and oxygen atoms in total. The van der Waals surface area contributed by atoms with Crippen LogP contribution in [-0.2, 0) is 0 Å². The molecule has 2 heterocycles. The third-order valence-electron chi connectivity index (χ3n) is 4.44. The maximum atomic E-state index is 13.0. The largest absolute Gasteiger partial charge is 0.497 e. The van der Waals surface area contributed by atoms with Crippen molar-refractivity contribution in [2.75, 3.05) is 12.4 Å². The van der Waals surface area contributed by atoms with Crippen molar-refractivity contribution in [2.24, 2.45) is 0 Å². The number of amides is 1. The molecule has 1 amide bonds. The predicted octanol–water partition coefficient (Wildman–Crippen LogP) is 4.23. The summed E-state index contributed by atoms with van der Waals surface area (Å²) >= 11 is 0. The number of ether oxygens (including phenoxy) is 1. The van der Waals surface area contributed by atoms with Gasteiger partial charge in [0.2, 0.25) is 0 Å². The number of aromatic nitrogens is 3. The van der Waals surface area contributed by atoms with E-state index in [4.69, 9.17) is 4.74 Å². The number of methoxy groups -OCH3 is 1. The molecular weight excluding hydrogens is 352 g/mol. The maximum absolute atomic E-state index is 13.0. The van der Waals surface area contributed by atoms with Gasteiger partial charge >= 0.3 is 0 Å². The molecule has 0 saturated heterocycles. The summed E-state index contributed by atoms with van der Waals surface area (Å²) in [6.07, 6.45) is 5.37. The second-order valence-electron chi connectivity index (χ2n) is 6.41. The van der Waals surface area contributed by atoms with Crippen molar-refractivity contribution in [3.8, 4) is 17.3 Å². The molecule has 2 aromatic heterocycles. The van der Waals surface area contributed by atoms with E-state index in [0.717, 1.165) is 11.3 Å². The molecule has 1 N–H and O–H groups in total. The van der Waals surface area contributed by atoms with Crippen molar-refractivity contribution in [1.82, 2.24) is 14.3 Å². The van der Waals surface area contributed by atoms with Gasteiger partial charge in [-0.3, -0.25) is 4.79 Å². The summed E-state index contributed by atoms with van der Waals surface area (Å²) < 4.78 is 8.87. The minimum Gasteiger partial charge on any atom is -0.497 e. The van der Waals surface area contributed by atoms with Gasteiger partial charge in [-0.1, -0.05) is 23.8 Å². The standard InChI is InChI=1S/C22H20N4O2/c1-16-8-10-18(11-9-16)26-22(25-12-3-4-13-25)20(15-23-26)21(27)24-17-6-5-7-19(14-17)28-2/h3-15H,1-2H3,(H,24,27). The number of anilines is 1. The van der Waals surface area contributed by atoms with Crippen LogP contribution in [0.4, 0.5) is 5.69 Å². The number of carbonyl (C=O) groups is 1. The Morgan fingerprint density at radius 2 is 1.79 bits per heavy atom. The van der Waals surface area contributed by atoms with Gasteiger partial charge in [0.25, 0.3) is 5.91 Å². The van der Waals surface area contributed by atoms with E-state index in [1.54, 1.807) is 24.1 Å². The second kappa shape index (κ2) is 7.44. The lowest BCUT2D eigenvalue weighted by molar-refractivity contribution is 0.102. The molecule has 140 valence electrons. The average molecular weight is 372 g/mol. The smallest absolute Gasteiger partial charge is 0.261 e. The highest BCUT2D eigenvalue weighted by Gasteiger charge is 2.20. The minimum absolute atomic E-state index is 0.240. The Labute approximate surface area is 163 Å². The normalized spacial score (nSPS) is 10.6. The fraction of sp³-hybridized carbons (Fsp3) is 0.0909. The zero-order valence-electron chi connectivity index (χ0n) is 15.7. The lowest BCUT2D eigenvalue weighted by Crippen LogP contribution is -2.15. The molecule has 0 aliphatic rings.